The molecule has 0 spiro atoms. The third-order valence-corrected chi connectivity index (χ3v) is 8.45. The number of aromatic nitrogens is 1. The fraction of sp³-hybridized carbons (Fsp3) is 0.300. The maximum absolute atomic E-state index is 13.0. The normalized spacial score (nSPS) is 20.6. The van der Waals surface area contributed by atoms with Crippen LogP contribution in [0.3, 0.4) is 0 Å². The second kappa shape index (κ2) is 7.85. The first-order valence-corrected chi connectivity index (χ1v) is 11.8. The molecule has 1 unspecified atom stereocenters. The highest BCUT2D eigenvalue weighted by atomic mass is 32.2. The molecular formula is C20H18F3N3O5S2. The molecule has 1 fully saturated rings. The molecule has 1 aliphatic rings. The van der Waals surface area contributed by atoms with Crippen LogP contribution in [-0.2, 0) is 21.0 Å². The van der Waals surface area contributed by atoms with Gasteiger partial charge in [0.2, 0.25) is 5.76 Å². The predicted octanol–water partition coefficient (Wildman–Crippen LogP) is 3.78. The molecule has 2 atom stereocenters. The first-order valence-electron chi connectivity index (χ1n) is 9.52. The lowest BCUT2D eigenvalue weighted by Crippen LogP contribution is -2.44. The molecule has 2 N–H and O–H groups in total. The van der Waals surface area contributed by atoms with Gasteiger partial charge >= 0.3 is 12.1 Å². The average Bonchev–Trinajstić information content (AvgIpc) is 3.11. The second-order valence-corrected chi connectivity index (χ2v) is 10.8. The number of hydrogen-bond donors (Lipinski definition) is 2. The Labute approximate surface area is 190 Å². The van der Waals surface area contributed by atoms with Gasteiger partial charge in [-0.1, -0.05) is 17.3 Å². The topological polar surface area (TPSA) is 113 Å². The molecule has 176 valence electrons. The third-order valence-electron chi connectivity index (χ3n) is 5.34. The largest absolute Gasteiger partial charge is 0.480 e. The van der Waals surface area contributed by atoms with E-state index < -0.39 is 39.4 Å². The van der Waals surface area contributed by atoms with Crippen LogP contribution in [0, 0.1) is 0 Å². The monoisotopic (exact) mass is 501 g/mol. The molecule has 3 aromatic rings. The SMILES string of the molecule is CN(C)c1cccc([C@@H]2CC2(NS(=O)(=O)c2ccc(-c3cc(C(F)(F)F)on3)s2)C(=O)O)c1. The highest BCUT2D eigenvalue weighted by molar-refractivity contribution is 7.91. The highest BCUT2D eigenvalue weighted by Gasteiger charge is 2.63. The Morgan fingerprint density at radius 3 is 2.61 bits per heavy atom. The van der Waals surface area contributed by atoms with Gasteiger partial charge in [0.1, 0.15) is 15.4 Å². The van der Waals surface area contributed by atoms with Crippen molar-refractivity contribution in [2.45, 2.75) is 28.3 Å². The van der Waals surface area contributed by atoms with Crippen LogP contribution in [0.4, 0.5) is 18.9 Å². The van der Waals surface area contributed by atoms with E-state index in [1.54, 1.807) is 18.2 Å². The Morgan fingerprint density at radius 2 is 2.00 bits per heavy atom. The number of alkyl halides is 3. The standard InChI is InChI=1S/C20H18F3N3O5S2/c1-26(2)12-5-3-4-11(8-12)13-10-19(13,18(27)28)25-33(29,30)17-7-6-15(32-17)14-9-16(31-24-14)20(21,22)23/h3-9,13,25H,10H2,1-2H3,(H,27,28)/t13-,19?/m0/s1. The Bertz CT molecular complexity index is 1320. The molecule has 4 rings (SSSR count). The quantitative estimate of drug-likeness (QED) is 0.507. The molecule has 2 heterocycles. The minimum atomic E-state index is -4.72. The van der Waals surface area contributed by atoms with E-state index in [1.807, 2.05) is 25.1 Å². The van der Waals surface area contributed by atoms with Gasteiger partial charge in [0, 0.05) is 31.8 Å². The Kier molecular flexibility index (Phi) is 5.53. The van der Waals surface area contributed by atoms with Crippen molar-refractivity contribution in [1.29, 1.82) is 0 Å². The Hall–Kier alpha value is -2.90. The Morgan fingerprint density at radius 1 is 1.27 bits per heavy atom. The third kappa shape index (κ3) is 4.35. The lowest BCUT2D eigenvalue weighted by molar-refractivity contribution is -0.155. The van der Waals surface area contributed by atoms with Gasteiger partial charge in [0.25, 0.3) is 10.0 Å². The number of carboxylic acid groups (broad SMARTS) is 1. The van der Waals surface area contributed by atoms with E-state index in [4.69, 9.17) is 0 Å². The fourth-order valence-electron chi connectivity index (χ4n) is 3.50. The van der Waals surface area contributed by atoms with Gasteiger partial charge < -0.3 is 14.5 Å². The van der Waals surface area contributed by atoms with Crippen molar-refractivity contribution in [3.05, 3.63) is 53.8 Å². The van der Waals surface area contributed by atoms with Gasteiger partial charge in [-0.05, 0) is 36.2 Å². The number of carboxylic acids is 1. The summed E-state index contributed by atoms with van der Waals surface area (Å²) < 4.78 is 70.4. The summed E-state index contributed by atoms with van der Waals surface area (Å²) in [4.78, 5) is 14.0. The van der Waals surface area contributed by atoms with Crippen LogP contribution < -0.4 is 9.62 Å². The van der Waals surface area contributed by atoms with E-state index in [0.717, 1.165) is 5.69 Å². The number of nitrogens with zero attached hydrogens (tertiary/aromatic N) is 2. The van der Waals surface area contributed by atoms with Gasteiger partial charge in [-0.3, -0.25) is 4.79 Å². The van der Waals surface area contributed by atoms with Gasteiger partial charge in [0.15, 0.2) is 0 Å². The summed E-state index contributed by atoms with van der Waals surface area (Å²) in [5, 5.41) is 13.2. The van der Waals surface area contributed by atoms with Crippen LogP contribution in [0.2, 0.25) is 0 Å². The van der Waals surface area contributed by atoms with Crippen LogP contribution >= 0.6 is 11.3 Å². The minimum absolute atomic E-state index is 0.0644. The molecule has 0 amide bonds. The lowest BCUT2D eigenvalue weighted by atomic mass is 10.1. The molecule has 33 heavy (non-hydrogen) atoms. The van der Waals surface area contributed by atoms with Crippen molar-refractivity contribution in [3.63, 3.8) is 0 Å². The molecule has 1 aliphatic carbocycles. The second-order valence-electron chi connectivity index (χ2n) is 7.82. The maximum atomic E-state index is 13.0. The summed E-state index contributed by atoms with van der Waals surface area (Å²) in [6, 6.07) is 10.3. The molecule has 0 aliphatic heterocycles. The fourth-order valence-corrected chi connectivity index (χ4v) is 6.16. The number of aliphatic carboxylic acids is 1. The van der Waals surface area contributed by atoms with Gasteiger partial charge in [0.05, 0.1) is 4.88 Å². The Balaban J connectivity index is 1.59. The van der Waals surface area contributed by atoms with Crippen molar-refractivity contribution in [2.24, 2.45) is 0 Å². The van der Waals surface area contributed by atoms with E-state index in [-0.39, 0.29) is 21.2 Å². The highest BCUT2D eigenvalue weighted by Crippen LogP contribution is 2.53. The smallest absolute Gasteiger partial charge is 0.452 e. The summed E-state index contributed by atoms with van der Waals surface area (Å²) in [6.07, 6.45) is -4.66. The van der Waals surface area contributed by atoms with E-state index in [9.17, 15) is 31.5 Å². The number of benzene rings is 1. The molecule has 8 nitrogen and oxygen atoms in total. The van der Waals surface area contributed by atoms with E-state index in [1.165, 1.54) is 12.1 Å². The first-order chi connectivity index (χ1) is 15.3. The molecule has 1 aromatic carbocycles. The first kappa shape index (κ1) is 23.3. The van der Waals surface area contributed by atoms with Crippen LogP contribution in [0.5, 0.6) is 0 Å². The molecule has 1 saturated carbocycles. The summed E-state index contributed by atoms with van der Waals surface area (Å²) in [5.74, 6) is -3.19. The zero-order valence-corrected chi connectivity index (χ0v) is 18.9. The summed E-state index contributed by atoms with van der Waals surface area (Å²) >= 11 is 0.661. The van der Waals surface area contributed by atoms with Crippen molar-refractivity contribution in [2.75, 3.05) is 19.0 Å². The van der Waals surface area contributed by atoms with E-state index in [0.29, 0.717) is 23.0 Å². The summed E-state index contributed by atoms with van der Waals surface area (Å²) in [6.45, 7) is 0. The lowest BCUT2D eigenvalue weighted by Gasteiger charge is -2.16. The van der Waals surface area contributed by atoms with E-state index in [2.05, 4.69) is 14.4 Å². The number of rotatable bonds is 7. The average molecular weight is 502 g/mol. The molecule has 0 saturated heterocycles. The molecule has 0 bridgehead atoms. The number of sulfonamides is 1. The van der Waals surface area contributed by atoms with Gasteiger partial charge in [-0.2, -0.15) is 17.9 Å². The van der Waals surface area contributed by atoms with Crippen molar-refractivity contribution in [3.8, 4) is 10.6 Å². The molecule has 0 radical (unpaired) electrons. The van der Waals surface area contributed by atoms with Crippen molar-refractivity contribution < 1.29 is 36.0 Å². The summed E-state index contributed by atoms with van der Waals surface area (Å²) in [7, 11) is -0.613. The minimum Gasteiger partial charge on any atom is -0.480 e. The molecule has 13 heteroatoms. The van der Waals surface area contributed by atoms with Crippen molar-refractivity contribution >= 4 is 33.0 Å². The number of thiophene rings is 1. The van der Waals surface area contributed by atoms with Gasteiger partial charge in [-0.15, -0.1) is 11.3 Å². The number of nitrogens with one attached hydrogen (secondary N) is 1. The van der Waals surface area contributed by atoms with Crippen LogP contribution in [0.1, 0.15) is 23.7 Å². The summed E-state index contributed by atoms with van der Waals surface area (Å²) in [5.41, 5.74) is -0.368. The van der Waals surface area contributed by atoms with Gasteiger partial charge in [-0.25, -0.2) is 8.42 Å². The number of anilines is 1. The maximum Gasteiger partial charge on any atom is 0.452 e. The molecular weight excluding hydrogens is 483 g/mol. The molecule has 2 aromatic heterocycles. The predicted molar refractivity (Wildman–Crippen MR) is 114 cm³/mol. The number of hydrogen-bond acceptors (Lipinski definition) is 7. The van der Waals surface area contributed by atoms with E-state index >= 15 is 0 Å². The van der Waals surface area contributed by atoms with Crippen LogP contribution in [-0.4, -0.2) is 44.3 Å². The zero-order chi connectivity index (χ0) is 24.2. The van der Waals surface area contributed by atoms with Crippen LogP contribution in [0.15, 0.2) is 51.2 Å². The number of halogens is 3. The number of carbonyl (C=O) groups is 1. The zero-order valence-electron chi connectivity index (χ0n) is 17.3. The van der Waals surface area contributed by atoms with Crippen molar-refractivity contribution in [1.82, 2.24) is 9.88 Å². The van der Waals surface area contributed by atoms with Crippen LogP contribution in [0.25, 0.3) is 10.6 Å².